The number of hydrogen-bond donors (Lipinski definition) is 2. The first-order chi connectivity index (χ1) is 23.0. The summed E-state index contributed by atoms with van der Waals surface area (Å²) in [5.41, 5.74) is 0. The van der Waals surface area contributed by atoms with Crippen molar-refractivity contribution < 1.29 is 24.2 Å². The van der Waals surface area contributed by atoms with Gasteiger partial charge in [0.2, 0.25) is 5.91 Å². The fourth-order valence-corrected chi connectivity index (χ4v) is 5.45. The predicted molar refractivity (Wildman–Crippen MR) is 198 cm³/mol. The second-order valence-electron chi connectivity index (χ2n) is 12.8. The molecular formula is C41H71NO5. The summed E-state index contributed by atoms with van der Waals surface area (Å²) in [5.74, 6) is -1.28. The van der Waals surface area contributed by atoms with Crippen molar-refractivity contribution in [1.29, 1.82) is 0 Å². The number of carbonyl (C=O) groups is 3. The van der Waals surface area contributed by atoms with Crippen molar-refractivity contribution in [3.63, 3.8) is 0 Å². The van der Waals surface area contributed by atoms with Crippen molar-refractivity contribution in [2.45, 2.75) is 187 Å². The summed E-state index contributed by atoms with van der Waals surface area (Å²) in [6.07, 6.45) is 45.1. The van der Waals surface area contributed by atoms with Crippen molar-refractivity contribution in [1.82, 2.24) is 5.32 Å². The summed E-state index contributed by atoms with van der Waals surface area (Å²) in [7, 11) is 0. The lowest BCUT2D eigenvalue weighted by atomic mass is 10.0. The quantitative estimate of drug-likeness (QED) is 0.0408. The van der Waals surface area contributed by atoms with E-state index in [4.69, 9.17) is 9.84 Å². The molecule has 1 unspecified atom stereocenters. The highest BCUT2D eigenvalue weighted by atomic mass is 16.5. The van der Waals surface area contributed by atoms with E-state index in [1.165, 1.54) is 57.8 Å². The number of carbonyl (C=O) groups excluding carboxylic acids is 2. The lowest BCUT2D eigenvalue weighted by Gasteiger charge is -2.18. The number of carboxylic acid groups (broad SMARTS) is 1. The molecule has 47 heavy (non-hydrogen) atoms. The van der Waals surface area contributed by atoms with Crippen LogP contribution in [0.25, 0.3) is 0 Å². The summed E-state index contributed by atoms with van der Waals surface area (Å²) in [4.78, 5) is 34.9. The zero-order chi connectivity index (χ0) is 34.5. The van der Waals surface area contributed by atoms with Crippen molar-refractivity contribution >= 4 is 17.8 Å². The Bertz CT molecular complexity index is 860. The van der Waals surface area contributed by atoms with Crippen LogP contribution in [0.5, 0.6) is 0 Å². The molecule has 0 aromatic heterocycles. The molecule has 0 aliphatic carbocycles. The number of amides is 1. The molecule has 0 fully saturated rings. The maximum absolute atomic E-state index is 12.7. The Morgan fingerprint density at radius 1 is 0.574 bits per heavy atom. The average molecular weight is 658 g/mol. The third kappa shape index (κ3) is 36.1. The molecular weight excluding hydrogens is 586 g/mol. The number of aliphatic carboxylic acids is 1. The molecule has 0 heterocycles. The van der Waals surface area contributed by atoms with Gasteiger partial charge < -0.3 is 15.2 Å². The first-order valence-corrected chi connectivity index (χ1v) is 19.3. The summed E-state index contributed by atoms with van der Waals surface area (Å²) in [5, 5.41) is 11.1. The number of ether oxygens (including phenoxy) is 1. The van der Waals surface area contributed by atoms with Crippen LogP contribution in [0.2, 0.25) is 0 Å². The molecule has 0 rings (SSSR count). The van der Waals surface area contributed by atoms with Crippen LogP contribution >= 0.6 is 0 Å². The lowest BCUT2D eigenvalue weighted by molar-refractivity contribution is -0.150. The number of allylic oxidation sites excluding steroid dienone is 8. The van der Waals surface area contributed by atoms with E-state index in [1.807, 2.05) is 0 Å². The van der Waals surface area contributed by atoms with Gasteiger partial charge in [-0.3, -0.25) is 14.4 Å². The molecule has 0 aliphatic heterocycles. The fourth-order valence-electron chi connectivity index (χ4n) is 5.45. The zero-order valence-corrected chi connectivity index (χ0v) is 30.4. The van der Waals surface area contributed by atoms with Crippen LogP contribution in [0.3, 0.4) is 0 Å². The van der Waals surface area contributed by atoms with Crippen molar-refractivity contribution in [2.75, 3.05) is 6.54 Å². The second kappa shape index (κ2) is 36.2. The minimum Gasteiger partial charge on any atom is -0.480 e. The first-order valence-electron chi connectivity index (χ1n) is 19.3. The van der Waals surface area contributed by atoms with Gasteiger partial charge in [0.15, 0.2) is 0 Å². The summed E-state index contributed by atoms with van der Waals surface area (Å²) in [6, 6.07) is 0. The summed E-state index contributed by atoms with van der Waals surface area (Å²) >= 11 is 0. The van der Waals surface area contributed by atoms with Crippen LogP contribution in [0.15, 0.2) is 48.6 Å². The van der Waals surface area contributed by atoms with E-state index in [-0.39, 0.29) is 24.5 Å². The minimum atomic E-state index is -1.02. The zero-order valence-electron chi connectivity index (χ0n) is 30.4. The van der Waals surface area contributed by atoms with E-state index in [9.17, 15) is 14.4 Å². The van der Waals surface area contributed by atoms with Gasteiger partial charge in [0.05, 0.1) is 0 Å². The molecule has 0 bridgehead atoms. The number of nitrogens with one attached hydrogen (secondary N) is 1. The van der Waals surface area contributed by atoms with E-state index < -0.39 is 5.97 Å². The number of unbranched alkanes of at least 4 members (excludes halogenated alkanes) is 15. The van der Waals surface area contributed by atoms with E-state index in [0.29, 0.717) is 12.8 Å². The molecule has 0 aromatic carbocycles. The van der Waals surface area contributed by atoms with Gasteiger partial charge in [-0.05, 0) is 77.0 Å². The van der Waals surface area contributed by atoms with Crippen LogP contribution in [-0.4, -0.2) is 35.6 Å². The molecule has 2 N–H and O–H groups in total. The molecule has 270 valence electrons. The fraction of sp³-hybridized carbons (Fsp3) is 0.732. The molecule has 1 amide bonds. The topological polar surface area (TPSA) is 92.7 Å². The SMILES string of the molecule is CC/C=C\C/C=C\C/C=C\C/C=C\CCCCC(=O)OC(CCCCCCCCCCCC)CCCCCCCC(=O)NCC(=O)O. The Labute approximate surface area is 289 Å². The maximum atomic E-state index is 12.7. The summed E-state index contributed by atoms with van der Waals surface area (Å²) in [6.45, 7) is 4.09. The Morgan fingerprint density at radius 3 is 1.57 bits per heavy atom. The molecule has 0 aromatic rings. The number of carboxylic acids is 1. The van der Waals surface area contributed by atoms with Gasteiger partial charge in [-0.25, -0.2) is 0 Å². The van der Waals surface area contributed by atoms with Gasteiger partial charge in [-0.1, -0.05) is 140 Å². The van der Waals surface area contributed by atoms with Crippen molar-refractivity contribution in [3.05, 3.63) is 48.6 Å². The highest BCUT2D eigenvalue weighted by molar-refractivity contribution is 5.80. The van der Waals surface area contributed by atoms with E-state index in [0.717, 1.165) is 96.3 Å². The van der Waals surface area contributed by atoms with Gasteiger partial charge >= 0.3 is 11.9 Å². The van der Waals surface area contributed by atoms with Crippen molar-refractivity contribution in [2.24, 2.45) is 0 Å². The van der Waals surface area contributed by atoms with Crippen LogP contribution in [0, 0.1) is 0 Å². The van der Waals surface area contributed by atoms with E-state index >= 15 is 0 Å². The Morgan fingerprint density at radius 2 is 1.04 bits per heavy atom. The van der Waals surface area contributed by atoms with Crippen LogP contribution in [0.4, 0.5) is 0 Å². The molecule has 0 spiro atoms. The van der Waals surface area contributed by atoms with Gasteiger partial charge in [-0.2, -0.15) is 0 Å². The standard InChI is InChI=1S/C41H71NO5/c1-3-5-7-9-11-13-15-16-17-18-19-21-23-28-32-36-41(46)47-38(33-29-25-22-20-14-12-10-8-6-4-2)34-30-26-24-27-31-35-39(43)42-37-40(44)45/h5,7,11,13,16-17,19,21,38H,3-4,6,8-10,12,14-15,18,20,22-37H2,1-2H3,(H,42,43)(H,44,45)/b7-5-,13-11-,17-16-,21-19-. The van der Waals surface area contributed by atoms with Crippen LogP contribution in [-0.2, 0) is 19.1 Å². The van der Waals surface area contributed by atoms with E-state index in [2.05, 4.69) is 67.8 Å². The monoisotopic (exact) mass is 658 g/mol. The Kier molecular flexibility index (Phi) is 34.2. The number of rotatable bonds is 34. The minimum absolute atomic E-state index is 0.00711. The van der Waals surface area contributed by atoms with Crippen LogP contribution < -0.4 is 5.32 Å². The molecule has 0 aliphatic rings. The van der Waals surface area contributed by atoms with Crippen molar-refractivity contribution in [3.8, 4) is 0 Å². The average Bonchev–Trinajstić information content (AvgIpc) is 3.05. The Hall–Kier alpha value is -2.63. The molecule has 0 saturated carbocycles. The van der Waals surface area contributed by atoms with Gasteiger partial charge in [-0.15, -0.1) is 0 Å². The van der Waals surface area contributed by atoms with Gasteiger partial charge in [0.1, 0.15) is 12.6 Å². The third-order valence-corrected chi connectivity index (χ3v) is 8.27. The third-order valence-electron chi connectivity index (χ3n) is 8.27. The number of esters is 1. The normalized spacial score (nSPS) is 12.6. The Balaban J connectivity index is 4.25. The largest absolute Gasteiger partial charge is 0.480 e. The second-order valence-corrected chi connectivity index (χ2v) is 12.8. The molecule has 6 nitrogen and oxygen atoms in total. The smallest absolute Gasteiger partial charge is 0.322 e. The van der Waals surface area contributed by atoms with E-state index in [1.54, 1.807) is 0 Å². The summed E-state index contributed by atoms with van der Waals surface area (Å²) < 4.78 is 5.98. The highest BCUT2D eigenvalue weighted by Crippen LogP contribution is 2.18. The lowest BCUT2D eigenvalue weighted by Crippen LogP contribution is -2.28. The predicted octanol–water partition coefficient (Wildman–Crippen LogP) is 11.5. The molecule has 6 heteroatoms. The molecule has 0 saturated heterocycles. The molecule has 0 radical (unpaired) electrons. The van der Waals surface area contributed by atoms with Gasteiger partial charge in [0.25, 0.3) is 0 Å². The first kappa shape index (κ1) is 44.4. The number of hydrogen-bond acceptors (Lipinski definition) is 4. The highest BCUT2D eigenvalue weighted by Gasteiger charge is 2.14. The van der Waals surface area contributed by atoms with Gasteiger partial charge in [0, 0.05) is 12.8 Å². The van der Waals surface area contributed by atoms with Crippen LogP contribution in [0.1, 0.15) is 181 Å². The molecule has 1 atom stereocenters. The maximum Gasteiger partial charge on any atom is 0.322 e.